The highest BCUT2D eigenvalue weighted by molar-refractivity contribution is 5.74. The molecule has 0 radical (unpaired) electrons. The van der Waals surface area contributed by atoms with Crippen LogP contribution >= 0.6 is 0 Å². The average molecular weight is 273 g/mol. The molecular weight excluding hydrogens is 253 g/mol. The molecule has 0 fully saturated rings. The minimum absolute atomic E-state index is 0.133. The Balaban J connectivity index is 2.68. The standard InChI is InChI=1S/C17H20FNO/c1-10-5-7-14(17(20-4)11(10)2)15-9-13(12(3)19)6-8-16(15)18/h5-9,12H,19H2,1-4H3. The van der Waals surface area contributed by atoms with E-state index in [0.717, 1.165) is 22.3 Å². The van der Waals surface area contributed by atoms with Gasteiger partial charge in [-0.1, -0.05) is 18.2 Å². The summed E-state index contributed by atoms with van der Waals surface area (Å²) in [6.07, 6.45) is 0. The van der Waals surface area contributed by atoms with Crippen LogP contribution in [0, 0.1) is 19.7 Å². The molecule has 0 saturated heterocycles. The normalized spacial score (nSPS) is 12.3. The van der Waals surface area contributed by atoms with Crippen molar-refractivity contribution in [3.8, 4) is 16.9 Å². The van der Waals surface area contributed by atoms with Crippen LogP contribution in [0.2, 0.25) is 0 Å². The van der Waals surface area contributed by atoms with Crippen molar-refractivity contribution in [3.63, 3.8) is 0 Å². The molecule has 2 rings (SSSR count). The number of ether oxygens (including phenoxy) is 1. The van der Waals surface area contributed by atoms with Gasteiger partial charge in [-0.15, -0.1) is 0 Å². The van der Waals surface area contributed by atoms with Crippen LogP contribution in [0.3, 0.4) is 0 Å². The number of halogens is 1. The minimum Gasteiger partial charge on any atom is -0.496 e. The molecule has 0 aliphatic heterocycles. The van der Waals surface area contributed by atoms with E-state index in [1.807, 2.05) is 32.9 Å². The number of aryl methyl sites for hydroxylation is 1. The Morgan fingerprint density at radius 2 is 1.80 bits per heavy atom. The van der Waals surface area contributed by atoms with Crippen molar-refractivity contribution in [2.75, 3.05) is 7.11 Å². The molecule has 0 aliphatic rings. The Morgan fingerprint density at radius 3 is 2.40 bits per heavy atom. The molecule has 0 aromatic heterocycles. The third-order valence-electron chi connectivity index (χ3n) is 3.69. The predicted octanol–water partition coefficient (Wildman–Crippen LogP) is 4.14. The number of nitrogens with two attached hydrogens (primary N) is 1. The number of methoxy groups -OCH3 is 1. The van der Waals surface area contributed by atoms with E-state index < -0.39 is 0 Å². The lowest BCUT2D eigenvalue weighted by atomic mass is 9.95. The maximum atomic E-state index is 14.2. The molecule has 0 saturated carbocycles. The molecule has 1 unspecified atom stereocenters. The van der Waals surface area contributed by atoms with Crippen molar-refractivity contribution in [3.05, 3.63) is 52.8 Å². The fraction of sp³-hybridized carbons (Fsp3) is 0.294. The number of rotatable bonds is 3. The lowest BCUT2D eigenvalue weighted by molar-refractivity contribution is 0.412. The monoisotopic (exact) mass is 273 g/mol. The lowest BCUT2D eigenvalue weighted by Crippen LogP contribution is -2.05. The first kappa shape index (κ1) is 14.5. The summed E-state index contributed by atoms with van der Waals surface area (Å²) in [5.41, 5.74) is 10.2. The number of hydrogen-bond acceptors (Lipinski definition) is 2. The third-order valence-corrected chi connectivity index (χ3v) is 3.69. The second kappa shape index (κ2) is 5.63. The highest BCUT2D eigenvalue weighted by Crippen LogP contribution is 2.36. The summed E-state index contributed by atoms with van der Waals surface area (Å²) >= 11 is 0. The van der Waals surface area contributed by atoms with Gasteiger partial charge in [0.2, 0.25) is 0 Å². The van der Waals surface area contributed by atoms with E-state index in [0.29, 0.717) is 11.3 Å². The highest BCUT2D eigenvalue weighted by Gasteiger charge is 2.15. The Bertz CT molecular complexity index is 635. The summed E-state index contributed by atoms with van der Waals surface area (Å²) < 4.78 is 19.6. The van der Waals surface area contributed by atoms with Gasteiger partial charge in [0.25, 0.3) is 0 Å². The zero-order valence-corrected chi connectivity index (χ0v) is 12.3. The minimum atomic E-state index is -0.268. The van der Waals surface area contributed by atoms with Gasteiger partial charge in [-0.05, 0) is 49.6 Å². The third kappa shape index (κ3) is 2.54. The van der Waals surface area contributed by atoms with Crippen molar-refractivity contribution >= 4 is 0 Å². The largest absolute Gasteiger partial charge is 0.496 e. The number of hydrogen-bond donors (Lipinski definition) is 1. The molecule has 2 N–H and O–H groups in total. The average Bonchev–Trinajstić information content (AvgIpc) is 2.42. The maximum Gasteiger partial charge on any atom is 0.131 e. The summed E-state index contributed by atoms with van der Waals surface area (Å²) in [5.74, 6) is 0.446. The predicted molar refractivity (Wildman–Crippen MR) is 80.5 cm³/mol. The molecule has 3 heteroatoms. The van der Waals surface area contributed by atoms with Gasteiger partial charge in [0.1, 0.15) is 11.6 Å². The molecule has 20 heavy (non-hydrogen) atoms. The van der Waals surface area contributed by atoms with Crippen LogP contribution in [0.15, 0.2) is 30.3 Å². The molecular formula is C17H20FNO. The van der Waals surface area contributed by atoms with Crippen LogP contribution in [0.25, 0.3) is 11.1 Å². The lowest BCUT2D eigenvalue weighted by Gasteiger charge is -2.16. The Labute approximate surface area is 119 Å². The molecule has 0 bridgehead atoms. The molecule has 0 spiro atoms. The number of benzene rings is 2. The van der Waals surface area contributed by atoms with Gasteiger partial charge in [0.05, 0.1) is 7.11 Å². The Kier molecular flexibility index (Phi) is 4.09. The van der Waals surface area contributed by atoms with Crippen molar-refractivity contribution in [2.45, 2.75) is 26.8 Å². The van der Waals surface area contributed by atoms with Gasteiger partial charge >= 0.3 is 0 Å². The molecule has 1 atom stereocenters. The second-order valence-corrected chi connectivity index (χ2v) is 5.12. The van der Waals surface area contributed by atoms with Crippen LogP contribution in [-0.4, -0.2) is 7.11 Å². The molecule has 106 valence electrons. The van der Waals surface area contributed by atoms with Crippen molar-refractivity contribution in [1.82, 2.24) is 0 Å². The zero-order valence-electron chi connectivity index (χ0n) is 12.3. The van der Waals surface area contributed by atoms with Crippen LogP contribution in [0.5, 0.6) is 5.75 Å². The summed E-state index contributed by atoms with van der Waals surface area (Å²) in [7, 11) is 1.61. The Hall–Kier alpha value is -1.87. The van der Waals surface area contributed by atoms with Crippen LogP contribution in [-0.2, 0) is 0 Å². The van der Waals surface area contributed by atoms with E-state index in [-0.39, 0.29) is 11.9 Å². The second-order valence-electron chi connectivity index (χ2n) is 5.12. The fourth-order valence-electron chi connectivity index (χ4n) is 2.30. The van der Waals surface area contributed by atoms with Gasteiger partial charge in [0, 0.05) is 17.2 Å². The van der Waals surface area contributed by atoms with E-state index >= 15 is 0 Å². The Morgan fingerprint density at radius 1 is 1.10 bits per heavy atom. The molecule has 2 aromatic rings. The van der Waals surface area contributed by atoms with Crippen LogP contribution in [0.4, 0.5) is 4.39 Å². The molecule has 0 aliphatic carbocycles. The summed E-state index contributed by atoms with van der Waals surface area (Å²) in [4.78, 5) is 0. The summed E-state index contributed by atoms with van der Waals surface area (Å²) in [6, 6.07) is 8.72. The summed E-state index contributed by atoms with van der Waals surface area (Å²) in [6.45, 7) is 5.87. The van der Waals surface area contributed by atoms with Gasteiger partial charge in [-0.25, -0.2) is 4.39 Å². The van der Waals surface area contributed by atoms with Crippen molar-refractivity contribution < 1.29 is 9.13 Å². The van der Waals surface area contributed by atoms with E-state index in [1.165, 1.54) is 6.07 Å². The quantitative estimate of drug-likeness (QED) is 0.912. The van der Waals surface area contributed by atoms with Crippen LogP contribution < -0.4 is 10.5 Å². The molecule has 0 amide bonds. The van der Waals surface area contributed by atoms with Crippen molar-refractivity contribution in [2.24, 2.45) is 5.73 Å². The fourth-order valence-corrected chi connectivity index (χ4v) is 2.30. The molecule has 2 aromatic carbocycles. The van der Waals surface area contributed by atoms with E-state index in [2.05, 4.69) is 0 Å². The zero-order chi connectivity index (χ0) is 14.9. The van der Waals surface area contributed by atoms with Gasteiger partial charge < -0.3 is 10.5 Å². The van der Waals surface area contributed by atoms with E-state index in [4.69, 9.17) is 10.5 Å². The maximum absolute atomic E-state index is 14.2. The summed E-state index contributed by atoms with van der Waals surface area (Å²) in [5, 5.41) is 0. The highest BCUT2D eigenvalue weighted by atomic mass is 19.1. The first-order chi connectivity index (χ1) is 9.45. The molecule has 0 heterocycles. The van der Waals surface area contributed by atoms with Gasteiger partial charge in [0.15, 0.2) is 0 Å². The van der Waals surface area contributed by atoms with Crippen LogP contribution in [0.1, 0.15) is 29.7 Å². The first-order valence-corrected chi connectivity index (χ1v) is 6.65. The SMILES string of the molecule is COc1c(-c2cc(C(C)N)ccc2F)ccc(C)c1C. The first-order valence-electron chi connectivity index (χ1n) is 6.65. The smallest absolute Gasteiger partial charge is 0.131 e. The van der Waals surface area contributed by atoms with Gasteiger partial charge in [-0.2, -0.15) is 0 Å². The van der Waals surface area contributed by atoms with Gasteiger partial charge in [-0.3, -0.25) is 0 Å². The van der Waals surface area contributed by atoms with Crippen molar-refractivity contribution in [1.29, 1.82) is 0 Å². The molecule has 2 nitrogen and oxygen atoms in total. The topological polar surface area (TPSA) is 35.2 Å². The van der Waals surface area contributed by atoms with E-state index in [9.17, 15) is 4.39 Å². The van der Waals surface area contributed by atoms with E-state index in [1.54, 1.807) is 19.2 Å².